The largest absolute Gasteiger partial charge is 0.465 e. The van der Waals surface area contributed by atoms with Crippen molar-refractivity contribution in [1.29, 1.82) is 0 Å². The van der Waals surface area contributed by atoms with Gasteiger partial charge < -0.3 is 10.1 Å². The zero-order valence-corrected chi connectivity index (χ0v) is 12.9. The second-order valence-corrected chi connectivity index (χ2v) is 5.90. The molecular formula is C15H18N2O2S. The van der Waals surface area contributed by atoms with E-state index in [1.54, 1.807) is 17.4 Å². The molecule has 1 heterocycles. The van der Waals surface area contributed by atoms with Gasteiger partial charge in [-0.1, -0.05) is 0 Å². The fourth-order valence-electron chi connectivity index (χ4n) is 2.02. The van der Waals surface area contributed by atoms with E-state index >= 15 is 0 Å². The van der Waals surface area contributed by atoms with Crippen LogP contribution in [0.2, 0.25) is 0 Å². The Morgan fingerprint density at radius 2 is 2.10 bits per heavy atom. The lowest BCUT2D eigenvalue weighted by Gasteiger charge is -2.10. The number of carbonyl (C=O) groups is 1. The Hall–Kier alpha value is -1.88. The summed E-state index contributed by atoms with van der Waals surface area (Å²) in [6.07, 6.45) is 0. The van der Waals surface area contributed by atoms with Gasteiger partial charge in [-0.25, -0.2) is 9.78 Å². The van der Waals surface area contributed by atoms with Crippen LogP contribution in [0, 0.1) is 20.8 Å². The van der Waals surface area contributed by atoms with Crippen molar-refractivity contribution in [3.63, 3.8) is 0 Å². The van der Waals surface area contributed by atoms with Crippen LogP contribution in [-0.2, 0) is 11.3 Å². The van der Waals surface area contributed by atoms with Gasteiger partial charge in [-0.3, -0.25) is 0 Å². The van der Waals surface area contributed by atoms with Crippen molar-refractivity contribution in [1.82, 2.24) is 4.98 Å². The molecule has 1 N–H and O–H groups in total. The third kappa shape index (κ3) is 3.17. The second-order valence-electron chi connectivity index (χ2n) is 4.62. The number of nitrogens with one attached hydrogen (secondary N) is 1. The average molecular weight is 290 g/mol. The van der Waals surface area contributed by atoms with Crippen molar-refractivity contribution < 1.29 is 9.53 Å². The van der Waals surface area contributed by atoms with E-state index in [2.05, 4.69) is 10.3 Å². The maximum Gasteiger partial charge on any atom is 0.337 e. The van der Waals surface area contributed by atoms with Crippen molar-refractivity contribution >= 4 is 23.0 Å². The van der Waals surface area contributed by atoms with E-state index in [-0.39, 0.29) is 5.97 Å². The molecule has 0 unspecified atom stereocenters. The lowest BCUT2D eigenvalue weighted by atomic mass is 10.1. The Labute approximate surface area is 122 Å². The molecule has 0 bridgehead atoms. The molecule has 0 aliphatic carbocycles. The Morgan fingerprint density at radius 3 is 2.65 bits per heavy atom. The van der Waals surface area contributed by atoms with Crippen LogP contribution < -0.4 is 5.32 Å². The average Bonchev–Trinajstić information content (AvgIpc) is 2.74. The fourth-order valence-corrected chi connectivity index (χ4v) is 2.90. The number of methoxy groups -OCH3 is 1. The minimum Gasteiger partial charge on any atom is -0.465 e. The summed E-state index contributed by atoms with van der Waals surface area (Å²) in [5, 5.41) is 4.47. The van der Waals surface area contributed by atoms with Gasteiger partial charge in [0.1, 0.15) is 0 Å². The second kappa shape index (κ2) is 6.05. The van der Waals surface area contributed by atoms with Gasteiger partial charge >= 0.3 is 5.97 Å². The van der Waals surface area contributed by atoms with Crippen molar-refractivity contribution in [2.24, 2.45) is 0 Å². The molecule has 1 aromatic heterocycles. The summed E-state index contributed by atoms with van der Waals surface area (Å²) in [6.45, 7) is 6.75. The van der Waals surface area contributed by atoms with Gasteiger partial charge in [0.05, 0.1) is 29.9 Å². The molecule has 4 nitrogen and oxygen atoms in total. The molecule has 0 amide bonds. The van der Waals surface area contributed by atoms with Crippen LogP contribution in [0.3, 0.4) is 0 Å². The Morgan fingerprint density at radius 1 is 1.35 bits per heavy atom. The van der Waals surface area contributed by atoms with Gasteiger partial charge in [0.15, 0.2) is 0 Å². The minimum atomic E-state index is -0.312. The SMILES string of the molecule is COC(=O)c1ccc(NCc2sc(C)nc2C)c(C)c1. The lowest BCUT2D eigenvalue weighted by Crippen LogP contribution is -2.04. The highest BCUT2D eigenvalue weighted by molar-refractivity contribution is 7.11. The van der Waals surface area contributed by atoms with Crippen molar-refractivity contribution in [2.75, 3.05) is 12.4 Å². The first-order valence-electron chi connectivity index (χ1n) is 6.37. The number of anilines is 1. The van der Waals surface area contributed by atoms with Gasteiger partial charge in [-0.2, -0.15) is 0 Å². The Bertz CT molecular complexity index is 635. The molecule has 1 aromatic carbocycles. The summed E-state index contributed by atoms with van der Waals surface area (Å²) in [5.74, 6) is -0.312. The van der Waals surface area contributed by atoms with E-state index in [0.29, 0.717) is 5.56 Å². The van der Waals surface area contributed by atoms with Crippen LogP contribution in [0.25, 0.3) is 0 Å². The van der Waals surface area contributed by atoms with Crippen molar-refractivity contribution in [2.45, 2.75) is 27.3 Å². The molecule has 2 rings (SSSR count). The summed E-state index contributed by atoms with van der Waals surface area (Å²) in [5.41, 5.74) is 3.68. The quantitative estimate of drug-likeness (QED) is 0.876. The number of hydrogen-bond donors (Lipinski definition) is 1. The lowest BCUT2D eigenvalue weighted by molar-refractivity contribution is 0.0600. The van der Waals surface area contributed by atoms with Gasteiger partial charge in [0, 0.05) is 10.6 Å². The summed E-state index contributed by atoms with van der Waals surface area (Å²) in [6, 6.07) is 5.51. The summed E-state index contributed by atoms with van der Waals surface area (Å²) in [7, 11) is 1.39. The van der Waals surface area contributed by atoms with Crippen LogP contribution in [0.15, 0.2) is 18.2 Å². The van der Waals surface area contributed by atoms with E-state index < -0.39 is 0 Å². The smallest absolute Gasteiger partial charge is 0.337 e. The highest BCUT2D eigenvalue weighted by Crippen LogP contribution is 2.21. The number of esters is 1. The van der Waals surface area contributed by atoms with Gasteiger partial charge in [-0.05, 0) is 44.5 Å². The van der Waals surface area contributed by atoms with Crippen molar-refractivity contribution in [3.8, 4) is 0 Å². The van der Waals surface area contributed by atoms with Crippen LogP contribution in [-0.4, -0.2) is 18.1 Å². The molecule has 20 heavy (non-hydrogen) atoms. The van der Waals surface area contributed by atoms with E-state index in [1.807, 2.05) is 32.9 Å². The predicted molar refractivity (Wildman–Crippen MR) is 81.4 cm³/mol. The monoisotopic (exact) mass is 290 g/mol. The molecule has 2 aromatic rings. The van der Waals surface area contributed by atoms with Crippen LogP contribution >= 0.6 is 11.3 Å². The van der Waals surface area contributed by atoms with Crippen LogP contribution in [0.4, 0.5) is 5.69 Å². The minimum absolute atomic E-state index is 0.312. The number of hydrogen-bond acceptors (Lipinski definition) is 5. The highest BCUT2D eigenvalue weighted by atomic mass is 32.1. The normalized spacial score (nSPS) is 10.4. The number of rotatable bonds is 4. The molecule has 0 radical (unpaired) electrons. The molecule has 0 aliphatic heterocycles. The van der Waals surface area contributed by atoms with Gasteiger partial charge in [-0.15, -0.1) is 11.3 Å². The van der Waals surface area contributed by atoms with Crippen LogP contribution in [0.1, 0.15) is 31.5 Å². The van der Waals surface area contributed by atoms with E-state index in [9.17, 15) is 4.79 Å². The number of carbonyl (C=O) groups excluding carboxylic acids is 1. The summed E-state index contributed by atoms with van der Waals surface area (Å²) in [4.78, 5) is 17.1. The first-order valence-corrected chi connectivity index (χ1v) is 7.18. The third-order valence-electron chi connectivity index (χ3n) is 3.09. The highest BCUT2D eigenvalue weighted by Gasteiger charge is 2.09. The van der Waals surface area contributed by atoms with Crippen molar-refractivity contribution in [3.05, 3.63) is 44.9 Å². The number of ether oxygens (including phenoxy) is 1. The molecule has 0 spiro atoms. The fraction of sp³-hybridized carbons (Fsp3) is 0.333. The molecular weight excluding hydrogens is 272 g/mol. The first kappa shape index (κ1) is 14.5. The zero-order valence-electron chi connectivity index (χ0n) is 12.1. The zero-order chi connectivity index (χ0) is 14.7. The summed E-state index contributed by atoms with van der Waals surface area (Å²) < 4.78 is 4.71. The molecule has 0 atom stereocenters. The standard InChI is InChI=1S/C15H18N2O2S/c1-9-7-12(15(18)19-4)5-6-13(9)16-8-14-10(2)17-11(3)20-14/h5-7,16H,8H2,1-4H3. The molecule has 5 heteroatoms. The Kier molecular flexibility index (Phi) is 4.39. The number of aromatic nitrogens is 1. The summed E-state index contributed by atoms with van der Waals surface area (Å²) >= 11 is 1.70. The molecule has 0 fully saturated rings. The number of aryl methyl sites for hydroxylation is 3. The molecule has 0 saturated carbocycles. The third-order valence-corrected chi connectivity index (χ3v) is 4.16. The topological polar surface area (TPSA) is 51.2 Å². The van der Waals surface area contributed by atoms with E-state index in [1.165, 1.54) is 12.0 Å². The van der Waals surface area contributed by atoms with Gasteiger partial charge in [0.2, 0.25) is 0 Å². The predicted octanol–water partition coefficient (Wildman–Crippen LogP) is 3.47. The van der Waals surface area contributed by atoms with E-state index in [0.717, 1.165) is 28.5 Å². The first-order chi connectivity index (χ1) is 9.51. The maximum atomic E-state index is 11.5. The molecule has 106 valence electrons. The van der Waals surface area contributed by atoms with Gasteiger partial charge in [0.25, 0.3) is 0 Å². The number of nitrogens with zero attached hydrogens (tertiary/aromatic N) is 1. The molecule has 0 saturated heterocycles. The number of benzene rings is 1. The Balaban J connectivity index is 2.10. The molecule has 0 aliphatic rings. The van der Waals surface area contributed by atoms with Crippen LogP contribution in [0.5, 0.6) is 0 Å². The number of thiazole rings is 1. The van der Waals surface area contributed by atoms with E-state index in [4.69, 9.17) is 4.74 Å². The maximum absolute atomic E-state index is 11.5.